The molecular weight excluding hydrogens is 174 g/mol. The quantitative estimate of drug-likeness (QED) is 0.732. The van der Waals surface area contributed by atoms with E-state index >= 15 is 0 Å². The Morgan fingerprint density at radius 1 is 1.29 bits per heavy atom. The smallest absolute Gasteiger partial charge is 0.0662 e. The first-order valence-electron chi connectivity index (χ1n) is 5.15. The molecule has 0 saturated carbocycles. The SMILES string of the molecule is Cc1ccc([C@@H]2COCCN2)cc1C. The number of morpholine rings is 1. The fourth-order valence-electron chi connectivity index (χ4n) is 1.76. The Morgan fingerprint density at radius 2 is 2.14 bits per heavy atom. The van der Waals surface area contributed by atoms with Crippen LogP contribution in [-0.2, 0) is 4.74 Å². The van der Waals surface area contributed by atoms with Gasteiger partial charge in [0.05, 0.1) is 19.3 Å². The Morgan fingerprint density at radius 3 is 2.79 bits per heavy atom. The minimum absolute atomic E-state index is 0.378. The lowest BCUT2D eigenvalue weighted by atomic mass is 10.0. The molecule has 1 aliphatic rings. The Balaban J connectivity index is 2.18. The van der Waals surface area contributed by atoms with Gasteiger partial charge in [0.1, 0.15) is 0 Å². The lowest BCUT2D eigenvalue weighted by Crippen LogP contribution is -2.34. The topological polar surface area (TPSA) is 21.3 Å². The fourth-order valence-corrected chi connectivity index (χ4v) is 1.76. The first-order valence-corrected chi connectivity index (χ1v) is 5.15. The van der Waals surface area contributed by atoms with Crippen LogP contribution in [0.5, 0.6) is 0 Å². The van der Waals surface area contributed by atoms with E-state index in [-0.39, 0.29) is 0 Å². The van der Waals surface area contributed by atoms with Crippen LogP contribution < -0.4 is 5.32 Å². The molecule has 1 N–H and O–H groups in total. The molecule has 0 aromatic heterocycles. The van der Waals surface area contributed by atoms with Crippen LogP contribution in [0.25, 0.3) is 0 Å². The molecule has 2 heteroatoms. The maximum atomic E-state index is 5.44. The number of aryl methyl sites for hydroxylation is 2. The molecule has 0 unspecified atom stereocenters. The summed E-state index contributed by atoms with van der Waals surface area (Å²) in [5, 5.41) is 3.46. The molecular formula is C12H17NO. The Hall–Kier alpha value is -0.860. The summed E-state index contributed by atoms with van der Waals surface area (Å²) < 4.78 is 5.44. The van der Waals surface area contributed by atoms with Crippen molar-refractivity contribution in [3.8, 4) is 0 Å². The maximum absolute atomic E-state index is 5.44. The second-order valence-electron chi connectivity index (χ2n) is 3.93. The zero-order valence-corrected chi connectivity index (χ0v) is 8.84. The number of ether oxygens (including phenoxy) is 1. The van der Waals surface area contributed by atoms with Gasteiger partial charge in [-0.3, -0.25) is 0 Å². The Kier molecular flexibility index (Phi) is 2.85. The fraction of sp³-hybridized carbons (Fsp3) is 0.500. The van der Waals surface area contributed by atoms with Gasteiger partial charge < -0.3 is 10.1 Å². The molecule has 0 bridgehead atoms. The first-order chi connectivity index (χ1) is 6.77. The predicted octanol–water partition coefficient (Wildman–Crippen LogP) is 1.96. The molecule has 2 rings (SSSR count). The summed E-state index contributed by atoms with van der Waals surface area (Å²) in [4.78, 5) is 0. The molecule has 2 nitrogen and oxygen atoms in total. The van der Waals surface area contributed by atoms with Crippen molar-refractivity contribution in [2.24, 2.45) is 0 Å². The Labute approximate surface area is 85.3 Å². The molecule has 0 amide bonds. The van der Waals surface area contributed by atoms with E-state index < -0.39 is 0 Å². The standard InChI is InChI=1S/C12H17NO/c1-9-3-4-11(7-10(9)2)12-8-14-6-5-13-12/h3-4,7,12-13H,5-6,8H2,1-2H3/t12-/m0/s1. The lowest BCUT2D eigenvalue weighted by Gasteiger charge is -2.24. The highest BCUT2D eigenvalue weighted by Crippen LogP contribution is 2.18. The molecule has 1 aromatic carbocycles. The zero-order chi connectivity index (χ0) is 9.97. The van der Waals surface area contributed by atoms with Crippen molar-refractivity contribution < 1.29 is 4.74 Å². The van der Waals surface area contributed by atoms with Crippen LogP contribution >= 0.6 is 0 Å². The maximum Gasteiger partial charge on any atom is 0.0662 e. The molecule has 1 aromatic rings. The largest absolute Gasteiger partial charge is 0.378 e. The van der Waals surface area contributed by atoms with Crippen molar-refractivity contribution in [1.82, 2.24) is 5.32 Å². The second-order valence-corrected chi connectivity index (χ2v) is 3.93. The van der Waals surface area contributed by atoms with Crippen LogP contribution in [0, 0.1) is 13.8 Å². The summed E-state index contributed by atoms with van der Waals surface area (Å²) in [7, 11) is 0. The molecule has 0 spiro atoms. The molecule has 1 atom stereocenters. The number of hydrogen-bond donors (Lipinski definition) is 1. The number of rotatable bonds is 1. The van der Waals surface area contributed by atoms with Gasteiger partial charge in [-0.15, -0.1) is 0 Å². The van der Waals surface area contributed by atoms with Crippen LogP contribution in [0.15, 0.2) is 18.2 Å². The van der Waals surface area contributed by atoms with Crippen molar-refractivity contribution in [3.05, 3.63) is 34.9 Å². The minimum Gasteiger partial charge on any atom is -0.378 e. The summed E-state index contributed by atoms with van der Waals surface area (Å²) in [5.74, 6) is 0. The third-order valence-electron chi connectivity index (χ3n) is 2.85. The molecule has 76 valence electrons. The average Bonchev–Trinajstić information content (AvgIpc) is 2.23. The van der Waals surface area contributed by atoms with E-state index in [2.05, 4.69) is 37.4 Å². The Bertz CT molecular complexity index is 316. The van der Waals surface area contributed by atoms with Crippen molar-refractivity contribution in [1.29, 1.82) is 0 Å². The number of hydrogen-bond acceptors (Lipinski definition) is 2. The summed E-state index contributed by atoms with van der Waals surface area (Å²) in [5.41, 5.74) is 4.05. The highest BCUT2D eigenvalue weighted by atomic mass is 16.5. The molecule has 1 heterocycles. The average molecular weight is 191 g/mol. The van der Waals surface area contributed by atoms with Crippen LogP contribution in [0.4, 0.5) is 0 Å². The first kappa shape index (κ1) is 9.69. The van der Waals surface area contributed by atoms with Crippen LogP contribution in [0.1, 0.15) is 22.7 Å². The van der Waals surface area contributed by atoms with E-state index in [0.717, 1.165) is 19.8 Å². The summed E-state index contributed by atoms with van der Waals surface area (Å²) >= 11 is 0. The summed E-state index contributed by atoms with van der Waals surface area (Å²) in [6.07, 6.45) is 0. The van der Waals surface area contributed by atoms with Gasteiger partial charge in [-0.2, -0.15) is 0 Å². The van der Waals surface area contributed by atoms with Gasteiger partial charge in [-0.1, -0.05) is 18.2 Å². The minimum atomic E-state index is 0.378. The number of benzene rings is 1. The van der Waals surface area contributed by atoms with E-state index in [1.165, 1.54) is 16.7 Å². The molecule has 0 aliphatic carbocycles. The third kappa shape index (κ3) is 1.97. The number of nitrogens with one attached hydrogen (secondary N) is 1. The van der Waals surface area contributed by atoms with E-state index in [1.54, 1.807) is 0 Å². The van der Waals surface area contributed by atoms with Crippen LogP contribution in [0.3, 0.4) is 0 Å². The molecule has 14 heavy (non-hydrogen) atoms. The van der Waals surface area contributed by atoms with Gasteiger partial charge in [-0.05, 0) is 30.5 Å². The summed E-state index contributed by atoms with van der Waals surface area (Å²) in [6.45, 7) is 6.88. The van der Waals surface area contributed by atoms with Gasteiger partial charge >= 0.3 is 0 Å². The van der Waals surface area contributed by atoms with Crippen LogP contribution in [-0.4, -0.2) is 19.8 Å². The summed E-state index contributed by atoms with van der Waals surface area (Å²) in [6, 6.07) is 7.00. The molecule has 1 fully saturated rings. The van der Waals surface area contributed by atoms with Crippen molar-refractivity contribution >= 4 is 0 Å². The van der Waals surface area contributed by atoms with Crippen molar-refractivity contribution in [3.63, 3.8) is 0 Å². The van der Waals surface area contributed by atoms with Gasteiger partial charge in [0.15, 0.2) is 0 Å². The lowest BCUT2D eigenvalue weighted by molar-refractivity contribution is 0.0768. The molecule has 0 radical (unpaired) electrons. The van der Waals surface area contributed by atoms with Gasteiger partial charge in [0, 0.05) is 6.54 Å². The monoisotopic (exact) mass is 191 g/mol. The van der Waals surface area contributed by atoms with Crippen molar-refractivity contribution in [2.45, 2.75) is 19.9 Å². The van der Waals surface area contributed by atoms with Gasteiger partial charge in [0.2, 0.25) is 0 Å². The molecule has 1 aliphatic heterocycles. The van der Waals surface area contributed by atoms with E-state index in [9.17, 15) is 0 Å². The highest BCUT2D eigenvalue weighted by molar-refractivity contribution is 5.31. The second kappa shape index (κ2) is 4.11. The zero-order valence-electron chi connectivity index (χ0n) is 8.84. The third-order valence-corrected chi connectivity index (χ3v) is 2.85. The highest BCUT2D eigenvalue weighted by Gasteiger charge is 2.14. The van der Waals surface area contributed by atoms with E-state index in [0.29, 0.717) is 6.04 Å². The predicted molar refractivity (Wildman–Crippen MR) is 57.5 cm³/mol. The van der Waals surface area contributed by atoms with E-state index in [4.69, 9.17) is 4.74 Å². The van der Waals surface area contributed by atoms with Crippen LogP contribution in [0.2, 0.25) is 0 Å². The van der Waals surface area contributed by atoms with Gasteiger partial charge in [0.25, 0.3) is 0 Å². The van der Waals surface area contributed by atoms with Crippen molar-refractivity contribution in [2.75, 3.05) is 19.8 Å². The van der Waals surface area contributed by atoms with E-state index in [1.807, 2.05) is 0 Å². The van der Waals surface area contributed by atoms with Gasteiger partial charge in [-0.25, -0.2) is 0 Å². The normalized spacial score (nSPS) is 22.3. The molecule has 1 saturated heterocycles.